The number of hydrogen-bond donors (Lipinski definition) is 0. The molecule has 200 valence electrons. The van der Waals surface area contributed by atoms with Crippen LogP contribution in [0.2, 0.25) is 0 Å². The molecule has 1 aromatic heterocycles. The average molecular weight is 552 g/mol. The molecular weight excluding hydrogens is 520 g/mol. The molecule has 9 rings (SSSR count). The van der Waals surface area contributed by atoms with E-state index >= 15 is 0 Å². The Balaban J connectivity index is 1.46. The van der Waals surface area contributed by atoms with Gasteiger partial charge >= 0.3 is 0 Å². The quantitative estimate of drug-likeness (QED) is 0.199. The molecular formula is C42H26O. The summed E-state index contributed by atoms with van der Waals surface area (Å²) in [6, 6.07) is 41.6. The van der Waals surface area contributed by atoms with E-state index in [0.29, 0.717) is 11.1 Å². The topological polar surface area (TPSA) is 13.1 Å². The molecule has 0 radical (unpaired) electrons. The van der Waals surface area contributed by atoms with Crippen LogP contribution in [-0.2, 0) is 0 Å². The third-order valence-electron chi connectivity index (χ3n) is 8.53. The van der Waals surface area contributed by atoms with Gasteiger partial charge in [-0.25, -0.2) is 0 Å². The second kappa shape index (κ2) is 9.44. The first-order chi connectivity index (χ1) is 23.4. The average Bonchev–Trinajstić information content (AvgIpc) is 3.49. The summed E-state index contributed by atoms with van der Waals surface area (Å²) < 4.78 is 49.8. The van der Waals surface area contributed by atoms with Gasteiger partial charge < -0.3 is 4.42 Å². The Hall–Kier alpha value is -5.66. The first kappa shape index (κ1) is 19.5. The maximum Gasteiger partial charge on any atom is 0.136 e. The largest absolute Gasteiger partial charge is 0.456 e. The van der Waals surface area contributed by atoms with Crippen molar-refractivity contribution in [1.29, 1.82) is 0 Å². The van der Waals surface area contributed by atoms with Gasteiger partial charge in [0.1, 0.15) is 11.2 Å². The van der Waals surface area contributed by atoms with Gasteiger partial charge in [0.2, 0.25) is 0 Å². The zero-order valence-electron chi connectivity index (χ0n) is 28.0. The Labute approximate surface area is 256 Å². The lowest BCUT2D eigenvalue weighted by molar-refractivity contribution is 0.669. The fraction of sp³-hybridized carbons (Fsp3) is 0. The van der Waals surface area contributed by atoms with Gasteiger partial charge in [0.15, 0.2) is 0 Å². The van der Waals surface area contributed by atoms with Crippen LogP contribution >= 0.6 is 0 Å². The van der Waals surface area contributed by atoms with Crippen molar-refractivity contribution in [3.8, 4) is 33.4 Å². The molecule has 1 heteroatoms. The van der Waals surface area contributed by atoms with Gasteiger partial charge in [0.05, 0.1) is 6.85 Å². The van der Waals surface area contributed by atoms with Crippen LogP contribution in [0.25, 0.3) is 87.6 Å². The maximum atomic E-state index is 9.01. The van der Waals surface area contributed by atoms with Crippen molar-refractivity contribution in [2.75, 3.05) is 0 Å². The zero-order chi connectivity index (χ0) is 32.7. The van der Waals surface area contributed by atoms with Crippen molar-refractivity contribution in [2.45, 2.75) is 0 Å². The van der Waals surface area contributed by atoms with Crippen molar-refractivity contribution >= 4 is 54.3 Å². The molecule has 0 aliphatic heterocycles. The highest BCUT2D eigenvalue weighted by atomic mass is 16.3. The minimum Gasteiger partial charge on any atom is -0.456 e. The van der Waals surface area contributed by atoms with Crippen LogP contribution < -0.4 is 0 Å². The first-order valence-electron chi connectivity index (χ1n) is 16.9. The van der Waals surface area contributed by atoms with E-state index < -0.39 is 6.04 Å². The van der Waals surface area contributed by atoms with Crippen LogP contribution in [0.15, 0.2) is 162 Å². The maximum absolute atomic E-state index is 9.01. The molecule has 0 N–H and O–H groups in total. The van der Waals surface area contributed by atoms with E-state index in [4.69, 9.17) is 11.3 Å². The van der Waals surface area contributed by atoms with Gasteiger partial charge in [-0.1, -0.05) is 133 Å². The van der Waals surface area contributed by atoms with Crippen molar-refractivity contribution in [1.82, 2.24) is 0 Å². The number of hydrogen-bond acceptors (Lipinski definition) is 1. The number of rotatable bonds is 3. The van der Waals surface area contributed by atoms with Crippen LogP contribution in [0, 0.1) is 0 Å². The Morgan fingerprint density at radius 3 is 1.72 bits per heavy atom. The van der Waals surface area contributed by atoms with E-state index in [1.807, 2.05) is 66.7 Å². The molecule has 0 amide bonds. The molecule has 9 aromatic rings. The van der Waals surface area contributed by atoms with Gasteiger partial charge in [-0.15, -0.1) is 0 Å². The molecule has 0 atom stereocenters. The van der Waals surface area contributed by atoms with E-state index in [2.05, 4.69) is 60.7 Å². The summed E-state index contributed by atoms with van der Waals surface area (Å²) in [5.74, 6) is 0. The molecule has 0 spiro atoms. The second-order valence-electron chi connectivity index (χ2n) is 10.9. The Bertz CT molecular complexity index is 2710. The fourth-order valence-corrected chi connectivity index (χ4v) is 6.64. The molecule has 1 heterocycles. The molecule has 0 saturated heterocycles. The number of fused-ring (bicyclic) bond motifs is 6. The van der Waals surface area contributed by atoms with Crippen molar-refractivity contribution < 1.29 is 11.3 Å². The molecule has 0 fully saturated rings. The van der Waals surface area contributed by atoms with Crippen LogP contribution in [-0.4, -0.2) is 0 Å². The molecule has 0 aliphatic carbocycles. The van der Waals surface area contributed by atoms with E-state index in [0.717, 1.165) is 65.5 Å². The summed E-state index contributed by atoms with van der Waals surface area (Å²) >= 11 is 0. The molecule has 43 heavy (non-hydrogen) atoms. The first-order valence-corrected chi connectivity index (χ1v) is 14.4. The summed E-state index contributed by atoms with van der Waals surface area (Å²) in [5, 5.41) is 8.13. The van der Waals surface area contributed by atoms with E-state index in [1.165, 1.54) is 5.39 Å². The highest BCUT2D eigenvalue weighted by Gasteiger charge is 2.21. The van der Waals surface area contributed by atoms with E-state index in [9.17, 15) is 0 Å². The smallest absolute Gasteiger partial charge is 0.136 e. The van der Waals surface area contributed by atoms with Crippen LogP contribution in [0.1, 0.15) is 6.85 Å². The lowest BCUT2D eigenvalue weighted by Crippen LogP contribution is -1.93. The van der Waals surface area contributed by atoms with Gasteiger partial charge in [-0.05, 0) is 90.0 Å². The van der Waals surface area contributed by atoms with Crippen LogP contribution in [0.4, 0.5) is 0 Å². The number of furan rings is 1. The highest BCUT2D eigenvalue weighted by Crippen LogP contribution is 2.48. The van der Waals surface area contributed by atoms with E-state index in [1.54, 1.807) is 0 Å². The van der Waals surface area contributed by atoms with Crippen molar-refractivity contribution in [3.63, 3.8) is 0 Å². The standard InChI is InChI=1S/C42H26O/c1-2-13-28(14-3-1)36-25-37-31-16-10-11-21-39(31)43-40(37)26-38(36)42-34-19-8-6-17-32(34)41(33-18-7-9-20-35(33)42)30-23-22-27-12-4-5-15-29(27)24-30/h1-26H/i1D,2D,3D,13D,14D. The number of para-hydroxylation sites is 1. The molecule has 0 bridgehead atoms. The van der Waals surface area contributed by atoms with Crippen molar-refractivity contribution in [3.05, 3.63) is 158 Å². The van der Waals surface area contributed by atoms with Crippen LogP contribution in [0.5, 0.6) is 0 Å². The molecule has 0 unspecified atom stereocenters. The normalized spacial score (nSPS) is 13.3. The summed E-state index contributed by atoms with van der Waals surface area (Å²) in [5.41, 5.74) is 5.96. The van der Waals surface area contributed by atoms with Gasteiger partial charge in [-0.3, -0.25) is 0 Å². The van der Waals surface area contributed by atoms with Gasteiger partial charge in [0, 0.05) is 10.8 Å². The predicted molar refractivity (Wildman–Crippen MR) is 183 cm³/mol. The van der Waals surface area contributed by atoms with E-state index in [-0.39, 0.29) is 29.7 Å². The fourth-order valence-electron chi connectivity index (χ4n) is 6.64. The molecule has 8 aromatic carbocycles. The third kappa shape index (κ3) is 3.72. The monoisotopic (exact) mass is 551 g/mol. The summed E-state index contributed by atoms with van der Waals surface area (Å²) in [7, 11) is 0. The summed E-state index contributed by atoms with van der Waals surface area (Å²) in [6.45, 7) is 0. The Kier molecular flexibility index (Phi) is 4.27. The lowest BCUT2D eigenvalue weighted by Gasteiger charge is -2.20. The minimum atomic E-state index is -0.416. The van der Waals surface area contributed by atoms with Gasteiger partial charge in [0.25, 0.3) is 0 Å². The third-order valence-corrected chi connectivity index (χ3v) is 8.53. The molecule has 0 saturated carbocycles. The molecule has 1 nitrogen and oxygen atoms in total. The van der Waals surface area contributed by atoms with Crippen LogP contribution in [0.3, 0.4) is 0 Å². The minimum absolute atomic E-state index is 0.162. The number of benzene rings is 8. The lowest BCUT2D eigenvalue weighted by atomic mass is 9.83. The Morgan fingerprint density at radius 2 is 1.00 bits per heavy atom. The SMILES string of the molecule is [2H]c1c([2H])c([2H])c(-c2cc3c(cc2-c2c4ccccc4c(-c4ccc5ccccc5c4)c4ccccc24)oc2ccccc23)c([2H])c1[2H]. The highest BCUT2D eigenvalue weighted by molar-refractivity contribution is 6.23. The van der Waals surface area contributed by atoms with Gasteiger partial charge in [-0.2, -0.15) is 0 Å². The molecule has 0 aliphatic rings. The zero-order valence-corrected chi connectivity index (χ0v) is 23.0. The Morgan fingerprint density at radius 1 is 0.395 bits per heavy atom. The predicted octanol–water partition coefficient (Wildman–Crippen LogP) is 12.0. The second-order valence-corrected chi connectivity index (χ2v) is 10.9. The summed E-state index contributed by atoms with van der Waals surface area (Å²) in [6.07, 6.45) is 0. The van der Waals surface area contributed by atoms with Crippen molar-refractivity contribution in [2.24, 2.45) is 0 Å². The summed E-state index contributed by atoms with van der Waals surface area (Å²) in [4.78, 5) is 0.